The van der Waals surface area contributed by atoms with Crippen molar-refractivity contribution in [1.29, 1.82) is 0 Å². The molecule has 2 rings (SSSR count). The fourth-order valence-corrected chi connectivity index (χ4v) is 2.28. The molecule has 1 fully saturated rings. The Labute approximate surface area is 126 Å². The molecule has 6 heteroatoms. The highest BCUT2D eigenvalue weighted by atomic mass is 16.5. The van der Waals surface area contributed by atoms with Crippen LogP contribution in [0.3, 0.4) is 0 Å². The van der Waals surface area contributed by atoms with Gasteiger partial charge in [-0.25, -0.2) is 4.98 Å². The normalized spacial score (nSPS) is 16.9. The van der Waals surface area contributed by atoms with E-state index in [0.717, 1.165) is 37.0 Å². The quantitative estimate of drug-likeness (QED) is 0.592. The molecule has 21 heavy (non-hydrogen) atoms. The zero-order valence-electron chi connectivity index (χ0n) is 13.5. The van der Waals surface area contributed by atoms with E-state index in [1.165, 1.54) is 12.8 Å². The molecule has 0 radical (unpaired) electrons. The number of aromatic nitrogens is 1. The smallest absolute Gasteiger partial charge is 0.214 e. The van der Waals surface area contributed by atoms with Crippen LogP contribution in [-0.4, -0.2) is 38.3 Å². The van der Waals surface area contributed by atoms with Gasteiger partial charge in [-0.05, 0) is 38.5 Å². The summed E-state index contributed by atoms with van der Waals surface area (Å²) in [6, 6.07) is 0. The first-order valence-electron chi connectivity index (χ1n) is 7.45. The van der Waals surface area contributed by atoms with Crippen molar-refractivity contribution in [3.05, 3.63) is 17.3 Å². The molecule has 1 aliphatic carbocycles. The zero-order valence-corrected chi connectivity index (χ0v) is 13.5. The summed E-state index contributed by atoms with van der Waals surface area (Å²) in [6.07, 6.45) is 3.63. The Morgan fingerprint density at radius 3 is 2.67 bits per heavy atom. The first-order valence-corrected chi connectivity index (χ1v) is 7.45. The molecule has 0 bridgehead atoms. The summed E-state index contributed by atoms with van der Waals surface area (Å²) in [5, 5.41) is 6.62. The van der Waals surface area contributed by atoms with Crippen LogP contribution < -0.4 is 10.6 Å². The van der Waals surface area contributed by atoms with Crippen LogP contribution in [0.4, 0.5) is 0 Å². The molecule has 0 atom stereocenters. The number of rotatable bonds is 7. The third kappa shape index (κ3) is 4.46. The van der Waals surface area contributed by atoms with Crippen LogP contribution in [0.15, 0.2) is 9.41 Å². The minimum Gasteiger partial charge on any atom is -0.444 e. The summed E-state index contributed by atoms with van der Waals surface area (Å²) in [5.74, 6) is 2.34. The molecular weight excluding hydrogens is 268 g/mol. The lowest BCUT2D eigenvalue weighted by atomic mass is 10.0. The van der Waals surface area contributed by atoms with Crippen LogP contribution in [0.5, 0.6) is 0 Å². The van der Waals surface area contributed by atoms with Crippen molar-refractivity contribution in [3.63, 3.8) is 0 Å². The zero-order chi connectivity index (χ0) is 15.3. The third-order valence-corrected chi connectivity index (χ3v) is 4.13. The van der Waals surface area contributed by atoms with Crippen molar-refractivity contribution in [2.45, 2.75) is 39.7 Å². The van der Waals surface area contributed by atoms with E-state index < -0.39 is 0 Å². The molecule has 118 valence electrons. The van der Waals surface area contributed by atoms with E-state index >= 15 is 0 Å². The number of oxazole rings is 1. The minimum atomic E-state index is 0.393. The molecule has 0 unspecified atom stereocenters. The van der Waals surface area contributed by atoms with Gasteiger partial charge in [0.15, 0.2) is 5.96 Å². The lowest BCUT2D eigenvalue weighted by molar-refractivity contribution is 0.172. The average molecular weight is 294 g/mol. The summed E-state index contributed by atoms with van der Waals surface area (Å²) in [7, 11) is 3.53. The van der Waals surface area contributed by atoms with Gasteiger partial charge in [0, 0.05) is 27.3 Å². The van der Waals surface area contributed by atoms with E-state index in [2.05, 4.69) is 20.6 Å². The molecule has 1 aliphatic rings. The Hall–Kier alpha value is -1.56. The molecular formula is C15H26N4O2. The van der Waals surface area contributed by atoms with Gasteiger partial charge in [0.2, 0.25) is 5.89 Å². The second kappa shape index (κ2) is 6.93. The van der Waals surface area contributed by atoms with E-state index in [-0.39, 0.29) is 0 Å². The number of methoxy groups -OCH3 is 1. The van der Waals surface area contributed by atoms with Gasteiger partial charge in [0.1, 0.15) is 5.76 Å². The van der Waals surface area contributed by atoms with Gasteiger partial charge >= 0.3 is 0 Å². The van der Waals surface area contributed by atoms with E-state index in [1.807, 2.05) is 13.8 Å². The Morgan fingerprint density at radius 2 is 2.14 bits per heavy atom. The molecule has 0 spiro atoms. The van der Waals surface area contributed by atoms with Gasteiger partial charge in [-0.2, -0.15) is 0 Å². The number of hydrogen-bond acceptors (Lipinski definition) is 4. The van der Waals surface area contributed by atoms with E-state index in [1.54, 1.807) is 14.2 Å². The fourth-order valence-electron chi connectivity index (χ4n) is 2.28. The van der Waals surface area contributed by atoms with Crippen molar-refractivity contribution in [3.8, 4) is 0 Å². The van der Waals surface area contributed by atoms with Crippen LogP contribution in [0.2, 0.25) is 0 Å². The van der Waals surface area contributed by atoms with Crippen molar-refractivity contribution >= 4 is 5.96 Å². The van der Waals surface area contributed by atoms with Crippen molar-refractivity contribution in [2.75, 3.05) is 27.3 Å². The number of nitrogens with zero attached hydrogens (tertiary/aromatic N) is 2. The van der Waals surface area contributed by atoms with Gasteiger partial charge < -0.3 is 19.8 Å². The van der Waals surface area contributed by atoms with Crippen LogP contribution in [-0.2, 0) is 11.3 Å². The van der Waals surface area contributed by atoms with Crippen LogP contribution in [0, 0.1) is 19.3 Å². The second-order valence-electron chi connectivity index (χ2n) is 5.77. The first kappa shape index (κ1) is 15.8. The molecule has 1 heterocycles. The fraction of sp³-hybridized carbons (Fsp3) is 0.733. The highest BCUT2D eigenvalue weighted by Crippen LogP contribution is 2.48. The van der Waals surface area contributed by atoms with Gasteiger partial charge in [0.25, 0.3) is 0 Å². The van der Waals surface area contributed by atoms with Gasteiger partial charge in [-0.15, -0.1) is 0 Å². The molecule has 1 saturated carbocycles. The lowest BCUT2D eigenvalue weighted by Gasteiger charge is -2.17. The molecule has 6 nitrogen and oxygen atoms in total. The molecule has 0 aromatic carbocycles. The predicted molar refractivity (Wildman–Crippen MR) is 82.3 cm³/mol. The van der Waals surface area contributed by atoms with Crippen LogP contribution >= 0.6 is 0 Å². The van der Waals surface area contributed by atoms with Crippen molar-refractivity contribution in [2.24, 2.45) is 10.4 Å². The van der Waals surface area contributed by atoms with Crippen molar-refractivity contribution in [1.82, 2.24) is 15.6 Å². The molecule has 1 aromatic heterocycles. The largest absolute Gasteiger partial charge is 0.444 e. The third-order valence-electron chi connectivity index (χ3n) is 4.13. The second-order valence-corrected chi connectivity index (χ2v) is 5.77. The Balaban J connectivity index is 1.76. The molecule has 2 N–H and O–H groups in total. The lowest BCUT2D eigenvalue weighted by Crippen LogP contribution is -2.40. The summed E-state index contributed by atoms with van der Waals surface area (Å²) >= 11 is 0. The number of aryl methyl sites for hydroxylation is 2. The SMILES string of the molecule is CN=C(NCc1nc(C)c(C)o1)NCC1(CCOC)CC1. The Bertz CT molecular complexity index is 472. The van der Waals surface area contributed by atoms with Gasteiger partial charge in [-0.1, -0.05) is 0 Å². The molecule has 1 aromatic rings. The number of aliphatic imine (C=N–C) groups is 1. The topological polar surface area (TPSA) is 71.7 Å². The first-order chi connectivity index (χ1) is 10.1. The Morgan fingerprint density at radius 1 is 1.38 bits per heavy atom. The van der Waals surface area contributed by atoms with Crippen molar-refractivity contribution < 1.29 is 9.15 Å². The predicted octanol–water partition coefficient (Wildman–Crippen LogP) is 1.77. The number of nitrogens with one attached hydrogen (secondary N) is 2. The monoisotopic (exact) mass is 294 g/mol. The highest BCUT2D eigenvalue weighted by Gasteiger charge is 2.41. The summed E-state index contributed by atoms with van der Waals surface area (Å²) in [4.78, 5) is 8.59. The standard InChI is InChI=1S/C15H26N4O2/c1-11-12(2)21-13(19-11)9-17-14(16-3)18-10-15(5-6-15)7-8-20-4/h5-10H2,1-4H3,(H2,16,17,18). The maximum Gasteiger partial charge on any atom is 0.214 e. The molecule has 0 aliphatic heterocycles. The van der Waals surface area contributed by atoms with E-state index in [9.17, 15) is 0 Å². The van der Waals surface area contributed by atoms with Gasteiger partial charge in [-0.3, -0.25) is 4.99 Å². The number of hydrogen-bond donors (Lipinski definition) is 2. The summed E-state index contributed by atoms with van der Waals surface area (Å²) in [6.45, 7) is 6.16. The molecule has 0 amide bonds. The average Bonchev–Trinajstić information content (AvgIpc) is 3.18. The highest BCUT2D eigenvalue weighted by molar-refractivity contribution is 5.79. The number of guanidine groups is 1. The van der Waals surface area contributed by atoms with Crippen LogP contribution in [0.1, 0.15) is 36.6 Å². The maximum atomic E-state index is 5.55. The summed E-state index contributed by atoms with van der Waals surface area (Å²) < 4.78 is 10.7. The number of ether oxygens (including phenoxy) is 1. The Kier molecular flexibility index (Phi) is 5.22. The van der Waals surface area contributed by atoms with Crippen LogP contribution in [0.25, 0.3) is 0 Å². The minimum absolute atomic E-state index is 0.393. The van der Waals surface area contributed by atoms with Gasteiger partial charge in [0.05, 0.1) is 12.2 Å². The molecule has 0 saturated heterocycles. The van der Waals surface area contributed by atoms with E-state index in [0.29, 0.717) is 17.9 Å². The maximum absolute atomic E-state index is 5.55. The summed E-state index contributed by atoms with van der Waals surface area (Å²) in [5.41, 5.74) is 1.33. The van der Waals surface area contributed by atoms with E-state index in [4.69, 9.17) is 9.15 Å².